The van der Waals surface area contributed by atoms with Crippen LogP contribution in [0, 0.1) is 13.8 Å². The highest BCUT2D eigenvalue weighted by Gasteiger charge is 2.23. The molecule has 3 aromatic heterocycles. The molecule has 4 rings (SSSR count). The summed E-state index contributed by atoms with van der Waals surface area (Å²) in [6.45, 7) is 5.67. The van der Waals surface area contributed by atoms with Crippen molar-refractivity contribution in [3.8, 4) is 0 Å². The second-order valence-electron chi connectivity index (χ2n) is 5.91. The topological polar surface area (TPSA) is 86.0 Å². The lowest BCUT2D eigenvalue weighted by Gasteiger charge is -2.05. The van der Waals surface area contributed by atoms with Crippen LogP contribution in [0.5, 0.6) is 0 Å². The summed E-state index contributed by atoms with van der Waals surface area (Å²) in [5, 5.41) is 8.52. The van der Waals surface area contributed by atoms with Crippen molar-refractivity contribution in [3.05, 3.63) is 28.5 Å². The van der Waals surface area contributed by atoms with Crippen LogP contribution in [0.25, 0.3) is 10.2 Å². The first-order valence-corrected chi connectivity index (χ1v) is 8.92. The Labute approximate surface area is 143 Å². The summed E-state index contributed by atoms with van der Waals surface area (Å²) in [5.41, 5.74) is 1.23. The fraction of sp³-hybridized carbons (Fsp3) is 0.500. The Morgan fingerprint density at radius 1 is 1.33 bits per heavy atom. The number of nitrogens with one attached hydrogen (secondary N) is 1. The van der Waals surface area contributed by atoms with Gasteiger partial charge in [-0.05, 0) is 32.3 Å². The Balaban J connectivity index is 1.42. The van der Waals surface area contributed by atoms with E-state index in [1.807, 2.05) is 0 Å². The van der Waals surface area contributed by atoms with Crippen LogP contribution in [0.1, 0.15) is 41.1 Å². The largest absolute Gasteiger partial charge is 0.369 e. The summed E-state index contributed by atoms with van der Waals surface area (Å²) in [6.07, 6.45) is 4.24. The van der Waals surface area contributed by atoms with Gasteiger partial charge in [-0.1, -0.05) is 5.16 Å². The molecule has 0 amide bonds. The van der Waals surface area contributed by atoms with Crippen LogP contribution in [0.3, 0.4) is 0 Å². The lowest BCUT2D eigenvalue weighted by atomic mass is 10.2. The van der Waals surface area contributed by atoms with E-state index in [9.17, 15) is 0 Å². The lowest BCUT2D eigenvalue weighted by Crippen LogP contribution is -2.08. The first-order chi connectivity index (χ1) is 11.7. The van der Waals surface area contributed by atoms with Crippen LogP contribution in [0.15, 0.2) is 10.9 Å². The van der Waals surface area contributed by atoms with Crippen LogP contribution in [-0.2, 0) is 11.2 Å². The zero-order valence-corrected chi connectivity index (χ0v) is 14.5. The second kappa shape index (κ2) is 6.45. The number of nitrogens with zero attached hydrogens (tertiary/aromatic N) is 4. The van der Waals surface area contributed by atoms with E-state index in [2.05, 4.69) is 39.3 Å². The van der Waals surface area contributed by atoms with Crippen molar-refractivity contribution in [2.75, 3.05) is 18.5 Å². The van der Waals surface area contributed by atoms with E-state index in [1.165, 1.54) is 10.4 Å². The second-order valence-corrected chi connectivity index (χ2v) is 7.12. The number of fused-ring (bicyclic) bond motifs is 1. The molecule has 1 aliphatic heterocycles. The van der Waals surface area contributed by atoms with Gasteiger partial charge >= 0.3 is 0 Å². The number of rotatable bonds is 5. The summed E-state index contributed by atoms with van der Waals surface area (Å²) in [5.74, 6) is 2.15. The van der Waals surface area contributed by atoms with Crippen LogP contribution in [0.2, 0.25) is 0 Å². The van der Waals surface area contributed by atoms with Crippen molar-refractivity contribution >= 4 is 27.4 Å². The van der Waals surface area contributed by atoms with Gasteiger partial charge in [0.1, 0.15) is 23.1 Å². The van der Waals surface area contributed by atoms with E-state index in [1.54, 1.807) is 17.7 Å². The van der Waals surface area contributed by atoms with E-state index in [0.717, 1.165) is 35.5 Å². The Bertz CT molecular complexity index is 853. The third-order valence-corrected chi connectivity index (χ3v) is 5.41. The summed E-state index contributed by atoms with van der Waals surface area (Å²) in [6, 6.07) is 0. The molecule has 8 heteroatoms. The average molecular weight is 345 g/mol. The molecule has 0 aromatic carbocycles. The quantitative estimate of drug-likeness (QED) is 0.760. The molecule has 3 aromatic rings. The molecule has 0 bridgehead atoms. The molecule has 7 nitrogen and oxygen atoms in total. The Kier molecular flexibility index (Phi) is 4.15. The molecule has 1 N–H and O–H groups in total. The third kappa shape index (κ3) is 2.87. The normalized spacial score (nSPS) is 17.7. The van der Waals surface area contributed by atoms with Crippen molar-refractivity contribution in [2.45, 2.75) is 39.2 Å². The van der Waals surface area contributed by atoms with Crippen molar-refractivity contribution in [3.63, 3.8) is 0 Å². The molecule has 1 atom stereocenters. The van der Waals surface area contributed by atoms with Gasteiger partial charge in [0.25, 0.3) is 5.89 Å². The molecule has 24 heavy (non-hydrogen) atoms. The van der Waals surface area contributed by atoms with Crippen LogP contribution >= 0.6 is 11.3 Å². The molecule has 1 saturated heterocycles. The Hall–Kier alpha value is -2.06. The maximum atomic E-state index is 5.56. The van der Waals surface area contributed by atoms with Crippen LogP contribution < -0.4 is 5.32 Å². The Morgan fingerprint density at radius 2 is 2.25 bits per heavy atom. The smallest absolute Gasteiger partial charge is 0.255 e. The predicted octanol–water partition coefficient (Wildman–Crippen LogP) is 3.20. The van der Waals surface area contributed by atoms with Crippen molar-refractivity contribution in [1.29, 1.82) is 0 Å². The predicted molar refractivity (Wildman–Crippen MR) is 91.3 cm³/mol. The number of hydrogen-bond acceptors (Lipinski definition) is 8. The summed E-state index contributed by atoms with van der Waals surface area (Å²) in [7, 11) is 0. The fourth-order valence-corrected chi connectivity index (χ4v) is 3.88. The van der Waals surface area contributed by atoms with E-state index >= 15 is 0 Å². The molecule has 1 fully saturated rings. The van der Waals surface area contributed by atoms with E-state index in [4.69, 9.17) is 9.26 Å². The molecule has 126 valence electrons. The molecule has 0 unspecified atom stereocenters. The molecule has 4 heterocycles. The van der Waals surface area contributed by atoms with Crippen LogP contribution in [0.4, 0.5) is 5.82 Å². The number of anilines is 1. The minimum absolute atomic E-state index is 0.0304. The maximum Gasteiger partial charge on any atom is 0.255 e. The maximum absolute atomic E-state index is 5.56. The summed E-state index contributed by atoms with van der Waals surface area (Å²) in [4.78, 5) is 15.5. The highest BCUT2D eigenvalue weighted by molar-refractivity contribution is 7.18. The van der Waals surface area contributed by atoms with Gasteiger partial charge in [0.15, 0.2) is 5.82 Å². The van der Waals surface area contributed by atoms with Gasteiger partial charge < -0.3 is 14.6 Å². The van der Waals surface area contributed by atoms with Gasteiger partial charge in [0.2, 0.25) is 0 Å². The average Bonchev–Trinajstić information content (AvgIpc) is 3.29. The number of thiophene rings is 1. The molecular formula is C16H19N5O2S. The van der Waals surface area contributed by atoms with Crippen LogP contribution in [-0.4, -0.2) is 33.3 Å². The van der Waals surface area contributed by atoms with Crippen molar-refractivity contribution in [2.24, 2.45) is 0 Å². The SMILES string of the molecule is Cc1sc2ncnc(NCCc3noc([C@H]4CCCO4)n3)c2c1C. The molecule has 0 radical (unpaired) electrons. The van der Waals surface area contributed by atoms with E-state index < -0.39 is 0 Å². The van der Waals surface area contributed by atoms with Crippen molar-refractivity contribution in [1.82, 2.24) is 20.1 Å². The van der Waals surface area contributed by atoms with Gasteiger partial charge in [-0.15, -0.1) is 11.3 Å². The summed E-state index contributed by atoms with van der Waals surface area (Å²) < 4.78 is 10.9. The molecule has 1 aliphatic rings. The van der Waals surface area contributed by atoms with Crippen molar-refractivity contribution < 1.29 is 9.26 Å². The van der Waals surface area contributed by atoms with E-state index in [-0.39, 0.29) is 6.10 Å². The number of aryl methyl sites for hydroxylation is 2. The molecule has 0 saturated carbocycles. The number of hydrogen-bond donors (Lipinski definition) is 1. The third-order valence-electron chi connectivity index (χ3n) is 4.30. The van der Waals surface area contributed by atoms with Gasteiger partial charge in [0.05, 0.1) is 5.39 Å². The van der Waals surface area contributed by atoms with Gasteiger partial charge in [-0.2, -0.15) is 4.98 Å². The summed E-state index contributed by atoms with van der Waals surface area (Å²) >= 11 is 1.70. The minimum Gasteiger partial charge on any atom is -0.369 e. The highest BCUT2D eigenvalue weighted by Crippen LogP contribution is 2.32. The lowest BCUT2D eigenvalue weighted by molar-refractivity contribution is 0.0835. The zero-order chi connectivity index (χ0) is 16.5. The monoisotopic (exact) mass is 345 g/mol. The molecular weight excluding hydrogens is 326 g/mol. The fourth-order valence-electron chi connectivity index (χ4n) is 2.88. The number of ether oxygens (including phenoxy) is 1. The first-order valence-electron chi connectivity index (χ1n) is 8.11. The molecule has 0 spiro atoms. The zero-order valence-electron chi connectivity index (χ0n) is 13.7. The Morgan fingerprint density at radius 3 is 3.08 bits per heavy atom. The van der Waals surface area contributed by atoms with E-state index in [0.29, 0.717) is 24.7 Å². The minimum atomic E-state index is -0.0304. The van der Waals surface area contributed by atoms with Gasteiger partial charge in [-0.3, -0.25) is 0 Å². The molecule has 0 aliphatic carbocycles. The van der Waals surface area contributed by atoms with Gasteiger partial charge in [-0.25, -0.2) is 9.97 Å². The standard InChI is InChI=1S/C16H19N5O2S/c1-9-10(2)24-16-13(9)14(18-8-19-16)17-6-5-12-20-15(23-21-12)11-4-3-7-22-11/h8,11H,3-7H2,1-2H3,(H,17,18,19)/t11-/m1/s1. The van der Waals surface area contributed by atoms with Gasteiger partial charge in [0, 0.05) is 24.4 Å². The highest BCUT2D eigenvalue weighted by atomic mass is 32.1. The first kappa shape index (κ1) is 15.5. The number of aromatic nitrogens is 4.